The van der Waals surface area contributed by atoms with E-state index in [0.29, 0.717) is 23.2 Å². The molecule has 0 atom stereocenters. The van der Waals surface area contributed by atoms with E-state index in [1.807, 2.05) is 0 Å². The molecule has 6 heteroatoms. The highest BCUT2D eigenvalue weighted by molar-refractivity contribution is 6.33. The monoisotopic (exact) mass is 324 g/mol. The van der Waals surface area contributed by atoms with E-state index in [-0.39, 0.29) is 18.1 Å². The normalized spacial score (nSPS) is 15.3. The minimum absolute atomic E-state index is 0.277. The van der Waals surface area contributed by atoms with E-state index in [1.54, 1.807) is 0 Å². The van der Waals surface area contributed by atoms with Crippen molar-refractivity contribution >= 4 is 29.2 Å². The van der Waals surface area contributed by atoms with E-state index < -0.39 is 5.97 Å². The number of halogens is 1. The van der Waals surface area contributed by atoms with Crippen molar-refractivity contribution in [1.29, 1.82) is 0 Å². The van der Waals surface area contributed by atoms with Crippen LogP contribution in [0.3, 0.4) is 0 Å². The van der Waals surface area contributed by atoms with Gasteiger partial charge in [0.1, 0.15) is 0 Å². The first-order valence-corrected chi connectivity index (χ1v) is 7.93. The topological polar surface area (TPSA) is 81.4 Å². The van der Waals surface area contributed by atoms with Crippen LogP contribution < -0.4 is 11.1 Å². The minimum Gasteiger partial charge on any atom is -0.452 e. The summed E-state index contributed by atoms with van der Waals surface area (Å²) in [6.07, 6.45) is 6.06. The summed E-state index contributed by atoms with van der Waals surface area (Å²) >= 11 is 5.79. The second-order valence-electron chi connectivity index (χ2n) is 5.62. The quantitative estimate of drug-likeness (QED) is 0.644. The second kappa shape index (κ2) is 8.03. The number of benzene rings is 1. The number of esters is 1. The molecule has 0 spiro atoms. The third kappa shape index (κ3) is 4.91. The number of amides is 1. The molecule has 1 aliphatic carbocycles. The highest BCUT2D eigenvalue weighted by Crippen LogP contribution is 2.22. The maximum Gasteiger partial charge on any atom is 0.338 e. The average molecular weight is 325 g/mol. The molecule has 2 rings (SSSR count). The van der Waals surface area contributed by atoms with Gasteiger partial charge in [0.05, 0.1) is 16.3 Å². The summed E-state index contributed by atoms with van der Waals surface area (Å²) in [6, 6.07) is 4.47. The van der Waals surface area contributed by atoms with E-state index in [1.165, 1.54) is 37.5 Å². The molecule has 22 heavy (non-hydrogen) atoms. The molecule has 1 fully saturated rings. The van der Waals surface area contributed by atoms with E-state index in [4.69, 9.17) is 22.1 Å². The van der Waals surface area contributed by atoms with Crippen molar-refractivity contribution < 1.29 is 14.3 Å². The van der Waals surface area contributed by atoms with Crippen molar-refractivity contribution in [3.05, 3.63) is 28.8 Å². The molecule has 0 radical (unpaired) electrons. The third-order valence-corrected chi connectivity index (χ3v) is 4.22. The summed E-state index contributed by atoms with van der Waals surface area (Å²) in [5.41, 5.74) is 6.21. The van der Waals surface area contributed by atoms with Gasteiger partial charge in [0.15, 0.2) is 6.61 Å². The number of rotatable bonds is 5. The van der Waals surface area contributed by atoms with Gasteiger partial charge >= 0.3 is 5.97 Å². The fraction of sp³-hybridized carbons (Fsp3) is 0.500. The molecule has 0 aromatic heterocycles. The Morgan fingerprint density at radius 2 is 2.00 bits per heavy atom. The van der Waals surface area contributed by atoms with Crippen LogP contribution in [0.25, 0.3) is 0 Å². The number of carbonyl (C=O) groups excluding carboxylic acids is 2. The van der Waals surface area contributed by atoms with Crippen molar-refractivity contribution in [3.63, 3.8) is 0 Å². The van der Waals surface area contributed by atoms with Gasteiger partial charge in [0, 0.05) is 6.54 Å². The van der Waals surface area contributed by atoms with Gasteiger partial charge in [-0.25, -0.2) is 4.79 Å². The highest BCUT2D eigenvalue weighted by atomic mass is 35.5. The maximum atomic E-state index is 11.8. The lowest BCUT2D eigenvalue weighted by Gasteiger charge is -2.21. The molecule has 120 valence electrons. The van der Waals surface area contributed by atoms with Crippen molar-refractivity contribution in [2.45, 2.75) is 32.1 Å². The van der Waals surface area contributed by atoms with Crippen LogP contribution in [-0.2, 0) is 9.53 Å². The number of hydrogen-bond acceptors (Lipinski definition) is 4. The second-order valence-corrected chi connectivity index (χ2v) is 6.03. The van der Waals surface area contributed by atoms with E-state index >= 15 is 0 Å². The molecule has 5 nitrogen and oxygen atoms in total. The van der Waals surface area contributed by atoms with Crippen LogP contribution in [0.5, 0.6) is 0 Å². The van der Waals surface area contributed by atoms with Crippen LogP contribution in [0.15, 0.2) is 18.2 Å². The zero-order chi connectivity index (χ0) is 15.9. The molecule has 1 aromatic rings. The lowest BCUT2D eigenvalue weighted by atomic mass is 9.89. The van der Waals surface area contributed by atoms with Crippen LogP contribution in [-0.4, -0.2) is 25.0 Å². The van der Waals surface area contributed by atoms with Gasteiger partial charge in [-0.1, -0.05) is 30.9 Å². The van der Waals surface area contributed by atoms with Gasteiger partial charge in [-0.2, -0.15) is 0 Å². The molecular formula is C16H21ClN2O3. The van der Waals surface area contributed by atoms with Crippen molar-refractivity contribution in [2.75, 3.05) is 18.9 Å². The van der Waals surface area contributed by atoms with Gasteiger partial charge in [-0.15, -0.1) is 0 Å². The first-order valence-electron chi connectivity index (χ1n) is 7.55. The fourth-order valence-electron chi connectivity index (χ4n) is 2.59. The highest BCUT2D eigenvalue weighted by Gasteiger charge is 2.15. The zero-order valence-electron chi connectivity index (χ0n) is 12.4. The summed E-state index contributed by atoms with van der Waals surface area (Å²) in [5.74, 6) is -0.318. The Balaban J connectivity index is 1.73. The number of nitrogens with two attached hydrogens (primary N) is 1. The van der Waals surface area contributed by atoms with Crippen LogP contribution in [0.4, 0.5) is 5.69 Å². The van der Waals surface area contributed by atoms with E-state index in [0.717, 1.165) is 12.8 Å². The Kier molecular flexibility index (Phi) is 6.07. The summed E-state index contributed by atoms with van der Waals surface area (Å²) in [7, 11) is 0. The molecular weight excluding hydrogens is 304 g/mol. The number of nitrogen functional groups attached to an aromatic ring is 1. The number of hydrogen-bond donors (Lipinski definition) is 2. The summed E-state index contributed by atoms with van der Waals surface area (Å²) in [5, 5.41) is 3.19. The van der Waals surface area contributed by atoms with Gasteiger partial charge in [-0.05, 0) is 37.0 Å². The number of nitrogens with one attached hydrogen (secondary N) is 1. The number of anilines is 1. The predicted octanol–water partition coefficient (Wildman–Crippen LogP) is 2.78. The molecule has 0 saturated heterocycles. The molecule has 1 amide bonds. The van der Waals surface area contributed by atoms with Gasteiger partial charge in [0.25, 0.3) is 5.91 Å². The average Bonchev–Trinajstić information content (AvgIpc) is 2.54. The molecule has 1 aliphatic rings. The van der Waals surface area contributed by atoms with Gasteiger partial charge in [0.2, 0.25) is 0 Å². The predicted molar refractivity (Wildman–Crippen MR) is 85.7 cm³/mol. The standard InChI is InChI=1S/C16H21ClN2O3/c17-13-7-6-12(8-14(13)18)16(21)22-10-15(20)19-9-11-4-2-1-3-5-11/h6-8,11H,1-5,9-10,18H2,(H,19,20). The molecule has 0 aliphatic heterocycles. The molecule has 0 unspecified atom stereocenters. The Morgan fingerprint density at radius 1 is 1.27 bits per heavy atom. The largest absolute Gasteiger partial charge is 0.452 e. The first-order chi connectivity index (χ1) is 10.6. The van der Waals surface area contributed by atoms with Crippen molar-refractivity contribution in [1.82, 2.24) is 5.32 Å². The molecule has 3 N–H and O–H groups in total. The molecule has 1 saturated carbocycles. The summed E-state index contributed by atoms with van der Waals surface area (Å²) in [6.45, 7) is 0.373. The third-order valence-electron chi connectivity index (χ3n) is 3.88. The smallest absolute Gasteiger partial charge is 0.338 e. The Labute approximate surface area is 135 Å². The maximum absolute atomic E-state index is 11.8. The number of carbonyl (C=O) groups is 2. The Morgan fingerprint density at radius 3 is 2.68 bits per heavy atom. The summed E-state index contributed by atoms with van der Waals surface area (Å²) in [4.78, 5) is 23.5. The lowest BCUT2D eigenvalue weighted by Crippen LogP contribution is -2.33. The van der Waals surface area contributed by atoms with Crippen LogP contribution in [0.1, 0.15) is 42.5 Å². The molecule has 0 heterocycles. The lowest BCUT2D eigenvalue weighted by molar-refractivity contribution is -0.124. The van der Waals surface area contributed by atoms with Gasteiger partial charge < -0.3 is 15.8 Å². The zero-order valence-corrected chi connectivity index (χ0v) is 13.2. The first kappa shape index (κ1) is 16.6. The van der Waals surface area contributed by atoms with Crippen molar-refractivity contribution in [3.8, 4) is 0 Å². The van der Waals surface area contributed by atoms with E-state index in [9.17, 15) is 9.59 Å². The number of ether oxygens (including phenoxy) is 1. The molecule has 1 aromatic carbocycles. The molecule has 0 bridgehead atoms. The van der Waals surface area contributed by atoms with Crippen LogP contribution in [0.2, 0.25) is 5.02 Å². The van der Waals surface area contributed by atoms with Crippen LogP contribution >= 0.6 is 11.6 Å². The van der Waals surface area contributed by atoms with Gasteiger partial charge in [-0.3, -0.25) is 4.79 Å². The SMILES string of the molecule is Nc1cc(C(=O)OCC(=O)NCC2CCCCC2)ccc1Cl. The van der Waals surface area contributed by atoms with Crippen LogP contribution in [0, 0.1) is 5.92 Å². The fourth-order valence-corrected chi connectivity index (χ4v) is 2.70. The summed E-state index contributed by atoms with van der Waals surface area (Å²) < 4.78 is 4.98. The Hall–Kier alpha value is -1.75. The Bertz CT molecular complexity index is 542. The van der Waals surface area contributed by atoms with Crippen molar-refractivity contribution in [2.24, 2.45) is 5.92 Å². The van der Waals surface area contributed by atoms with E-state index in [2.05, 4.69) is 5.32 Å². The minimum atomic E-state index is -0.587.